The van der Waals surface area contributed by atoms with E-state index in [0.717, 1.165) is 28.4 Å². The second kappa shape index (κ2) is 4.18. The highest BCUT2D eigenvalue weighted by molar-refractivity contribution is 9.10. The monoisotopic (exact) mass is 299 g/mol. The van der Waals surface area contributed by atoms with Gasteiger partial charge in [-0.05, 0) is 38.3 Å². The van der Waals surface area contributed by atoms with Crippen LogP contribution in [0.3, 0.4) is 0 Å². The van der Waals surface area contributed by atoms with Crippen LogP contribution < -0.4 is 10.5 Å². The van der Waals surface area contributed by atoms with Gasteiger partial charge in [0, 0.05) is 21.5 Å². The lowest BCUT2D eigenvalue weighted by Crippen LogP contribution is -2.32. The van der Waals surface area contributed by atoms with E-state index in [1.54, 1.807) is 7.11 Å². The number of methoxy groups -OCH3 is 1. The Balaban J connectivity index is 2.64. The predicted molar refractivity (Wildman–Crippen MR) is 71.7 cm³/mol. The molecule has 0 aliphatic heterocycles. The van der Waals surface area contributed by atoms with Crippen LogP contribution in [-0.4, -0.2) is 18.3 Å². The second-order valence-corrected chi connectivity index (χ2v) is 5.67. The Morgan fingerprint density at radius 3 is 2.53 bits per heavy atom. The van der Waals surface area contributed by atoms with Crippen molar-refractivity contribution in [1.29, 1.82) is 0 Å². The van der Waals surface area contributed by atoms with E-state index in [4.69, 9.17) is 10.5 Å². The minimum atomic E-state index is -0.0950. The largest absolute Gasteiger partial charge is 0.504 e. The Hall–Kier alpha value is -0.740. The van der Waals surface area contributed by atoms with Gasteiger partial charge in [0.05, 0.1) is 7.11 Å². The maximum absolute atomic E-state index is 10.3. The highest BCUT2D eigenvalue weighted by Gasteiger charge is 2.50. The summed E-state index contributed by atoms with van der Waals surface area (Å²) in [6.07, 6.45) is 2.03. The molecule has 3 nitrogen and oxygen atoms in total. The highest BCUT2D eigenvalue weighted by atomic mass is 79.9. The van der Waals surface area contributed by atoms with Crippen molar-refractivity contribution in [3.8, 4) is 11.5 Å². The summed E-state index contributed by atoms with van der Waals surface area (Å²) in [5, 5.41) is 10.3. The fourth-order valence-electron chi connectivity index (χ4n) is 2.43. The van der Waals surface area contributed by atoms with Gasteiger partial charge in [-0.15, -0.1) is 0 Å². The molecule has 1 unspecified atom stereocenters. The van der Waals surface area contributed by atoms with Gasteiger partial charge in [0.2, 0.25) is 0 Å². The first kappa shape index (κ1) is 12.7. The van der Waals surface area contributed by atoms with Crippen LogP contribution in [0.25, 0.3) is 0 Å². The molecular weight excluding hydrogens is 282 g/mol. The van der Waals surface area contributed by atoms with Crippen LogP contribution in [0, 0.1) is 6.92 Å². The average Bonchev–Trinajstić information content (AvgIpc) is 3.05. The van der Waals surface area contributed by atoms with Crippen molar-refractivity contribution >= 4 is 15.9 Å². The Morgan fingerprint density at radius 2 is 2.12 bits per heavy atom. The number of hydrogen-bond donors (Lipinski definition) is 2. The number of rotatable bonds is 3. The summed E-state index contributed by atoms with van der Waals surface area (Å²) in [5.74, 6) is 0.743. The third kappa shape index (κ3) is 1.83. The number of phenols is 1. The fourth-order valence-corrected chi connectivity index (χ4v) is 3.13. The van der Waals surface area contributed by atoms with E-state index in [-0.39, 0.29) is 17.2 Å². The van der Waals surface area contributed by atoms with Gasteiger partial charge in [0.25, 0.3) is 0 Å². The van der Waals surface area contributed by atoms with Crippen LogP contribution in [0.5, 0.6) is 11.5 Å². The van der Waals surface area contributed by atoms with Crippen molar-refractivity contribution in [1.82, 2.24) is 0 Å². The molecule has 0 spiro atoms. The molecule has 1 aliphatic carbocycles. The quantitative estimate of drug-likeness (QED) is 0.902. The third-order valence-corrected chi connectivity index (χ3v) is 4.78. The number of phenolic OH excluding ortho intramolecular Hbond substituents is 1. The summed E-state index contributed by atoms with van der Waals surface area (Å²) in [7, 11) is 1.57. The number of benzene rings is 1. The van der Waals surface area contributed by atoms with Crippen LogP contribution in [-0.2, 0) is 5.41 Å². The van der Waals surface area contributed by atoms with Crippen LogP contribution in [0.1, 0.15) is 30.9 Å². The van der Waals surface area contributed by atoms with Crippen LogP contribution in [0.15, 0.2) is 10.5 Å². The predicted octanol–water partition coefficient (Wildman–Crippen LogP) is 2.85. The first-order valence-corrected chi connectivity index (χ1v) is 6.55. The number of ether oxygens (including phenoxy) is 1. The number of nitrogens with two attached hydrogens (primary N) is 1. The van der Waals surface area contributed by atoms with Crippen molar-refractivity contribution in [3.63, 3.8) is 0 Å². The van der Waals surface area contributed by atoms with Gasteiger partial charge in [-0.3, -0.25) is 0 Å². The number of aryl methyl sites for hydroxylation is 1. The first-order chi connectivity index (χ1) is 7.94. The second-order valence-electron chi connectivity index (χ2n) is 4.88. The lowest BCUT2D eigenvalue weighted by Gasteiger charge is -2.24. The van der Waals surface area contributed by atoms with Crippen molar-refractivity contribution in [2.75, 3.05) is 7.11 Å². The molecule has 1 aliphatic rings. The highest BCUT2D eigenvalue weighted by Crippen LogP contribution is 2.57. The van der Waals surface area contributed by atoms with E-state index in [1.165, 1.54) is 0 Å². The SMILES string of the molecule is COc1cc(C)c(Br)c(C2(C(C)N)CC2)c1O. The standard InChI is InChI=1S/C13H18BrNO2/c1-7-6-9(17-3)12(16)10(11(7)14)13(4-5-13)8(2)15/h6,8,16H,4-5,15H2,1-3H3. The van der Waals surface area contributed by atoms with Gasteiger partial charge < -0.3 is 15.6 Å². The first-order valence-electron chi connectivity index (χ1n) is 5.76. The Bertz CT molecular complexity index is 453. The molecular formula is C13H18BrNO2. The molecule has 0 heterocycles. The molecule has 17 heavy (non-hydrogen) atoms. The lowest BCUT2D eigenvalue weighted by molar-refractivity contribution is 0.364. The molecule has 1 atom stereocenters. The Kier molecular flexibility index (Phi) is 3.12. The van der Waals surface area contributed by atoms with E-state index < -0.39 is 0 Å². The summed E-state index contributed by atoms with van der Waals surface area (Å²) >= 11 is 3.57. The van der Waals surface area contributed by atoms with Crippen molar-refractivity contribution in [3.05, 3.63) is 21.7 Å². The number of aromatic hydroxyl groups is 1. The minimum absolute atomic E-state index is 0.0243. The molecule has 1 aromatic rings. The van der Waals surface area contributed by atoms with Gasteiger partial charge in [-0.25, -0.2) is 0 Å². The lowest BCUT2D eigenvalue weighted by atomic mass is 9.87. The van der Waals surface area contributed by atoms with E-state index in [9.17, 15) is 5.11 Å². The normalized spacial score (nSPS) is 18.9. The van der Waals surface area contributed by atoms with Gasteiger partial charge in [0.15, 0.2) is 11.5 Å². The zero-order valence-corrected chi connectivity index (χ0v) is 12.0. The molecule has 0 aromatic heterocycles. The van der Waals surface area contributed by atoms with Gasteiger partial charge >= 0.3 is 0 Å². The summed E-state index contributed by atoms with van der Waals surface area (Å²) in [6, 6.07) is 1.86. The molecule has 1 saturated carbocycles. The summed E-state index contributed by atoms with van der Waals surface area (Å²) in [6.45, 7) is 3.99. The number of hydrogen-bond acceptors (Lipinski definition) is 3. The summed E-state index contributed by atoms with van der Waals surface area (Å²) in [5.41, 5.74) is 7.94. The molecule has 2 rings (SSSR count). The zero-order chi connectivity index (χ0) is 12.8. The van der Waals surface area contributed by atoms with Crippen molar-refractivity contribution in [2.45, 2.75) is 38.1 Å². The molecule has 0 bridgehead atoms. The minimum Gasteiger partial charge on any atom is -0.504 e. The van der Waals surface area contributed by atoms with E-state index >= 15 is 0 Å². The third-order valence-electron chi connectivity index (χ3n) is 3.76. The Morgan fingerprint density at radius 1 is 1.53 bits per heavy atom. The van der Waals surface area contributed by atoms with Crippen LogP contribution >= 0.6 is 15.9 Å². The smallest absolute Gasteiger partial charge is 0.162 e. The molecule has 4 heteroatoms. The van der Waals surface area contributed by atoms with E-state index in [2.05, 4.69) is 15.9 Å². The number of halogens is 1. The molecule has 3 N–H and O–H groups in total. The van der Waals surface area contributed by atoms with Gasteiger partial charge in [-0.1, -0.05) is 15.9 Å². The molecule has 94 valence electrons. The van der Waals surface area contributed by atoms with Crippen LogP contribution in [0.2, 0.25) is 0 Å². The van der Waals surface area contributed by atoms with E-state index in [0.29, 0.717) is 5.75 Å². The topological polar surface area (TPSA) is 55.5 Å². The summed E-state index contributed by atoms with van der Waals surface area (Å²) in [4.78, 5) is 0. The fraction of sp³-hybridized carbons (Fsp3) is 0.538. The Labute approximate surface area is 110 Å². The van der Waals surface area contributed by atoms with Gasteiger partial charge in [0.1, 0.15) is 0 Å². The maximum Gasteiger partial charge on any atom is 0.162 e. The molecule has 1 aromatic carbocycles. The van der Waals surface area contributed by atoms with Gasteiger partial charge in [-0.2, -0.15) is 0 Å². The van der Waals surface area contributed by atoms with Crippen molar-refractivity contribution < 1.29 is 9.84 Å². The van der Waals surface area contributed by atoms with E-state index in [1.807, 2.05) is 19.9 Å². The van der Waals surface area contributed by atoms with Crippen LogP contribution in [0.4, 0.5) is 0 Å². The maximum atomic E-state index is 10.3. The molecule has 0 saturated heterocycles. The molecule has 0 amide bonds. The summed E-state index contributed by atoms with van der Waals surface area (Å²) < 4.78 is 6.16. The molecule has 0 radical (unpaired) electrons. The van der Waals surface area contributed by atoms with Crippen molar-refractivity contribution in [2.24, 2.45) is 5.73 Å². The molecule has 1 fully saturated rings. The zero-order valence-electron chi connectivity index (χ0n) is 10.4. The average molecular weight is 300 g/mol.